The minimum Gasteiger partial charge on any atom is -0.464 e. The highest BCUT2D eigenvalue weighted by Crippen LogP contribution is 2.35. The predicted octanol–water partition coefficient (Wildman–Crippen LogP) is 5.90. The van der Waals surface area contributed by atoms with E-state index in [9.17, 15) is 18.3 Å². The molecule has 0 aromatic heterocycles. The first-order chi connectivity index (χ1) is 13.5. The van der Waals surface area contributed by atoms with Gasteiger partial charge in [0, 0.05) is 0 Å². The van der Waals surface area contributed by atoms with Crippen molar-refractivity contribution in [3.63, 3.8) is 0 Å². The van der Waals surface area contributed by atoms with Gasteiger partial charge < -0.3 is 5.11 Å². The molecule has 2 aromatic carbocycles. The van der Waals surface area contributed by atoms with E-state index in [1.807, 2.05) is 59.7 Å². The van der Waals surface area contributed by atoms with Crippen LogP contribution in [-0.2, 0) is 10.2 Å². The number of rotatable bonds is 7. The smallest absolute Gasteiger partial charge is 0.427 e. The van der Waals surface area contributed by atoms with Crippen molar-refractivity contribution in [2.24, 2.45) is 0 Å². The Labute approximate surface area is 173 Å². The molecule has 2 aromatic rings. The zero-order valence-electron chi connectivity index (χ0n) is 17.8. The van der Waals surface area contributed by atoms with Crippen LogP contribution in [0, 0.1) is 0 Å². The van der Waals surface area contributed by atoms with Gasteiger partial charge in [0.15, 0.2) is 0 Å². The van der Waals surface area contributed by atoms with Gasteiger partial charge in [-0.15, -0.1) is 0 Å². The number of carbonyl (C=O) groups is 1. The minimum absolute atomic E-state index is 0.0441. The van der Waals surface area contributed by atoms with Crippen molar-refractivity contribution in [2.75, 3.05) is 9.03 Å². The molecule has 0 aliphatic carbocycles. The lowest BCUT2D eigenvalue weighted by Gasteiger charge is -2.26. The van der Waals surface area contributed by atoms with Crippen molar-refractivity contribution in [1.29, 1.82) is 0 Å². The third kappa shape index (κ3) is 4.90. The zero-order chi connectivity index (χ0) is 21.9. The maximum atomic E-state index is 13.3. The normalized spacial score (nSPS) is 11.9. The number of nitrogens with zero attached hydrogens (tertiary/aromatic N) is 1. The highest BCUT2D eigenvalue weighted by atomic mass is 32.2. The molecule has 0 saturated carbocycles. The largest absolute Gasteiger partial charge is 0.464 e. The lowest BCUT2D eigenvalue weighted by atomic mass is 9.93. The molecule has 0 heterocycles. The van der Waals surface area contributed by atoms with Crippen LogP contribution in [0.3, 0.4) is 0 Å². The Morgan fingerprint density at radius 1 is 0.828 bits per heavy atom. The topological polar surface area (TPSA) is 86.7 Å². The quantitative estimate of drug-likeness (QED) is 0.586. The maximum absolute atomic E-state index is 13.3. The number of anilines is 2. The fourth-order valence-electron chi connectivity index (χ4n) is 3.34. The molecule has 6 nitrogen and oxygen atoms in total. The minimum atomic E-state index is -4.41. The van der Waals surface area contributed by atoms with Crippen molar-refractivity contribution in [1.82, 2.24) is 0 Å². The average molecular weight is 419 g/mol. The van der Waals surface area contributed by atoms with E-state index < -0.39 is 16.3 Å². The van der Waals surface area contributed by atoms with Crippen LogP contribution in [-0.4, -0.2) is 19.6 Å². The van der Waals surface area contributed by atoms with Crippen molar-refractivity contribution in [3.8, 4) is 0 Å². The standard InChI is InChI=1S/C22H30N2O4S/c1-14(2)17-10-7-8-13-20(17)24(22(25)26)29(27,28)23-21-18(15(3)4)11-9-12-19(21)16(5)6/h7-16,23H,1-6H3,(H,25,26). The molecule has 0 radical (unpaired) electrons. The number of nitrogens with one attached hydrogen (secondary N) is 1. The second kappa shape index (κ2) is 8.86. The van der Waals surface area contributed by atoms with Crippen molar-refractivity contribution >= 4 is 27.7 Å². The van der Waals surface area contributed by atoms with E-state index in [0.29, 0.717) is 15.6 Å². The zero-order valence-corrected chi connectivity index (χ0v) is 18.6. The molecule has 0 aliphatic heterocycles. The SMILES string of the molecule is CC(C)c1ccccc1N(C(=O)O)S(=O)(=O)Nc1c(C(C)C)cccc1C(C)C. The van der Waals surface area contributed by atoms with Gasteiger partial charge in [0.25, 0.3) is 0 Å². The summed E-state index contributed by atoms with van der Waals surface area (Å²) in [4.78, 5) is 12.1. The first-order valence-corrected chi connectivity index (χ1v) is 11.2. The van der Waals surface area contributed by atoms with Crippen LogP contribution in [0.25, 0.3) is 0 Å². The van der Waals surface area contributed by atoms with Crippen LogP contribution >= 0.6 is 0 Å². The Hall–Kier alpha value is -2.54. The van der Waals surface area contributed by atoms with Crippen molar-refractivity contribution < 1.29 is 18.3 Å². The molecule has 2 rings (SSSR count). The molecule has 29 heavy (non-hydrogen) atoms. The van der Waals surface area contributed by atoms with Crippen LogP contribution in [0.2, 0.25) is 0 Å². The number of hydrogen-bond acceptors (Lipinski definition) is 3. The molecule has 158 valence electrons. The molecule has 0 unspecified atom stereocenters. The molecule has 0 aliphatic rings. The Morgan fingerprint density at radius 3 is 1.72 bits per heavy atom. The van der Waals surface area contributed by atoms with E-state index in [4.69, 9.17) is 0 Å². The number of hydrogen-bond donors (Lipinski definition) is 2. The summed E-state index contributed by atoms with van der Waals surface area (Å²) in [6.45, 7) is 11.7. The van der Waals surface area contributed by atoms with Crippen LogP contribution in [0.4, 0.5) is 16.2 Å². The summed E-state index contributed by atoms with van der Waals surface area (Å²) in [6.07, 6.45) is -1.56. The first kappa shape index (κ1) is 22.7. The van der Waals surface area contributed by atoms with Gasteiger partial charge in [0.1, 0.15) is 0 Å². The predicted molar refractivity (Wildman–Crippen MR) is 118 cm³/mol. The molecule has 0 fully saturated rings. The number of benzene rings is 2. The Morgan fingerprint density at radius 2 is 1.28 bits per heavy atom. The Bertz CT molecular complexity index is 956. The highest BCUT2D eigenvalue weighted by molar-refractivity contribution is 7.94. The van der Waals surface area contributed by atoms with Crippen molar-refractivity contribution in [3.05, 3.63) is 59.2 Å². The van der Waals surface area contributed by atoms with Gasteiger partial charge in [-0.05, 0) is 40.5 Å². The van der Waals surface area contributed by atoms with E-state index >= 15 is 0 Å². The molecule has 0 atom stereocenters. The van der Waals surface area contributed by atoms with Crippen LogP contribution < -0.4 is 9.03 Å². The van der Waals surface area contributed by atoms with Gasteiger partial charge in [0.2, 0.25) is 0 Å². The Balaban J connectivity index is 2.65. The van der Waals surface area contributed by atoms with E-state index in [2.05, 4.69) is 4.72 Å². The fourth-order valence-corrected chi connectivity index (χ4v) is 4.56. The average Bonchev–Trinajstić information content (AvgIpc) is 2.60. The third-order valence-corrected chi connectivity index (χ3v) is 6.09. The molecule has 0 spiro atoms. The molecular formula is C22H30N2O4S. The summed E-state index contributed by atoms with van der Waals surface area (Å²) >= 11 is 0. The number of para-hydroxylation sites is 2. The van der Waals surface area contributed by atoms with Gasteiger partial charge in [-0.1, -0.05) is 77.9 Å². The second-order valence-electron chi connectivity index (χ2n) is 7.99. The summed E-state index contributed by atoms with van der Waals surface area (Å²) in [5.41, 5.74) is 2.87. The summed E-state index contributed by atoms with van der Waals surface area (Å²) in [6, 6.07) is 12.3. The monoisotopic (exact) mass is 418 g/mol. The molecule has 2 N–H and O–H groups in total. The van der Waals surface area contributed by atoms with Crippen LogP contribution in [0.1, 0.15) is 76.0 Å². The van der Waals surface area contributed by atoms with Gasteiger partial charge in [-0.25, -0.2) is 4.79 Å². The number of carboxylic acid groups (broad SMARTS) is 1. The Kier molecular flexibility index (Phi) is 6.95. The summed E-state index contributed by atoms with van der Waals surface area (Å²) in [7, 11) is -4.41. The van der Waals surface area contributed by atoms with Crippen molar-refractivity contribution in [2.45, 2.75) is 59.3 Å². The first-order valence-electron chi connectivity index (χ1n) is 9.75. The molecule has 0 bridgehead atoms. The number of amides is 1. The second-order valence-corrected chi connectivity index (χ2v) is 9.51. The summed E-state index contributed by atoms with van der Waals surface area (Å²) in [5.74, 6) is 0.0812. The maximum Gasteiger partial charge on any atom is 0.427 e. The van der Waals surface area contributed by atoms with Gasteiger partial charge in [-0.2, -0.15) is 12.7 Å². The van der Waals surface area contributed by atoms with Gasteiger partial charge in [0.05, 0.1) is 11.4 Å². The lowest BCUT2D eigenvalue weighted by molar-refractivity contribution is 0.206. The fraction of sp³-hybridized carbons (Fsp3) is 0.409. The summed E-state index contributed by atoms with van der Waals surface area (Å²) in [5, 5.41) is 9.81. The molecule has 1 amide bonds. The third-order valence-electron chi connectivity index (χ3n) is 4.80. The van der Waals surface area contributed by atoms with Crippen LogP contribution in [0.5, 0.6) is 0 Å². The molecular weight excluding hydrogens is 388 g/mol. The van der Waals surface area contributed by atoms with Gasteiger partial charge in [-0.3, -0.25) is 4.72 Å². The van der Waals surface area contributed by atoms with E-state index in [-0.39, 0.29) is 23.4 Å². The summed E-state index contributed by atoms with van der Waals surface area (Å²) < 4.78 is 29.6. The van der Waals surface area contributed by atoms with Gasteiger partial charge >= 0.3 is 16.3 Å². The van der Waals surface area contributed by atoms with E-state index in [1.165, 1.54) is 6.07 Å². The molecule has 7 heteroatoms. The lowest BCUT2D eigenvalue weighted by Crippen LogP contribution is -2.41. The van der Waals surface area contributed by atoms with E-state index in [0.717, 1.165) is 11.1 Å². The van der Waals surface area contributed by atoms with Crippen LogP contribution in [0.15, 0.2) is 42.5 Å². The van der Waals surface area contributed by atoms with E-state index in [1.54, 1.807) is 18.2 Å². The highest BCUT2D eigenvalue weighted by Gasteiger charge is 2.33. The molecule has 0 saturated heterocycles.